The molecule has 3 aromatic rings. The molecule has 0 bridgehead atoms. The number of hydroxylamine groups is 2. The number of hydrogen-bond donors (Lipinski definition) is 2. The maximum absolute atomic E-state index is 7.45. The summed E-state index contributed by atoms with van der Waals surface area (Å²) in [6.07, 6.45) is 7.98. The van der Waals surface area contributed by atoms with Crippen LogP contribution >= 0.6 is 0 Å². The summed E-state index contributed by atoms with van der Waals surface area (Å²) in [6, 6.07) is 16.5. The normalized spacial score (nSPS) is 16.2. The third kappa shape index (κ3) is 4.78. The zero-order valence-electron chi connectivity index (χ0n) is 17.2. The van der Waals surface area contributed by atoms with Crippen LogP contribution in [0.1, 0.15) is 24.1 Å². The van der Waals surface area contributed by atoms with E-state index in [0.29, 0.717) is 11.5 Å². The number of nitrogens with one attached hydrogen (secondary N) is 1. The zero-order chi connectivity index (χ0) is 20.8. The summed E-state index contributed by atoms with van der Waals surface area (Å²) in [7, 11) is 0. The van der Waals surface area contributed by atoms with E-state index in [9.17, 15) is 0 Å². The summed E-state index contributed by atoms with van der Waals surface area (Å²) < 4.78 is 2.29. The third-order valence-corrected chi connectivity index (χ3v) is 5.79. The maximum atomic E-state index is 7.45. The van der Waals surface area contributed by atoms with E-state index in [0.717, 1.165) is 62.2 Å². The van der Waals surface area contributed by atoms with Gasteiger partial charge >= 0.3 is 0 Å². The molecule has 0 amide bonds. The molecular formula is C24H29N5O. The first kappa shape index (κ1) is 20.3. The Kier molecular flexibility index (Phi) is 6.57. The summed E-state index contributed by atoms with van der Waals surface area (Å²) in [6.45, 7) is 3.68. The van der Waals surface area contributed by atoms with Crippen LogP contribution in [0.5, 0.6) is 0 Å². The molecule has 1 fully saturated rings. The van der Waals surface area contributed by atoms with Crippen LogP contribution < -0.4 is 5.73 Å². The smallest absolute Gasteiger partial charge is 0.0888 e. The van der Waals surface area contributed by atoms with Gasteiger partial charge in [0.15, 0.2) is 0 Å². The average Bonchev–Trinajstić information content (AvgIpc) is 3.19. The van der Waals surface area contributed by atoms with Gasteiger partial charge in [0.25, 0.3) is 0 Å². The highest BCUT2D eigenvalue weighted by atomic mass is 16.7. The third-order valence-electron chi connectivity index (χ3n) is 5.79. The summed E-state index contributed by atoms with van der Waals surface area (Å²) >= 11 is 0. The first-order chi connectivity index (χ1) is 14.8. The number of pyridine rings is 1. The van der Waals surface area contributed by atoms with Crippen molar-refractivity contribution in [2.45, 2.75) is 25.8 Å². The second kappa shape index (κ2) is 9.69. The van der Waals surface area contributed by atoms with Crippen molar-refractivity contribution in [2.24, 2.45) is 11.7 Å². The number of hydrogen-bond acceptors (Lipinski definition) is 5. The Bertz CT molecular complexity index is 1000. The minimum Gasteiger partial charge on any atom is -0.404 e. The van der Waals surface area contributed by atoms with Gasteiger partial charge < -0.3 is 15.7 Å². The van der Waals surface area contributed by atoms with Gasteiger partial charge in [-0.15, -0.1) is 0 Å². The summed E-state index contributed by atoms with van der Waals surface area (Å²) in [5, 5.41) is 9.57. The largest absolute Gasteiger partial charge is 0.404 e. The lowest BCUT2D eigenvalue weighted by Gasteiger charge is -2.31. The van der Waals surface area contributed by atoms with Gasteiger partial charge in [0, 0.05) is 43.8 Å². The number of fused-ring (bicyclic) bond motifs is 1. The van der Waals surface area contributed by atoms with Crippen molar-refractivity contribution in [3.05, 3.63) is 72.2 Å². The lowest BCUT2D eigenvalue weighted by molar-refractivity contribution is -0.173. The number of nitrogens with two attached hydrogens (primary N) is 1. The summed E-state index contributed by atoms with van der Waals surface area (Å²) in [5.74, 6) is 0.635. The van der Waals surface area contributed by atoms with E-state index in [1.807, 2.05) is 18.2 Å². The minimum absolute atomic E-state index is 0.629. The molecule has 2 aromatic heterocycles. The second-order valence-corrected chi connectivity index (χ2v) is 7.78. The number of rotatable bonds is 8. The highest BCUT2D eigenvalue weighted by Crippen LogP contribution is 2.23. The molecule has 1 aromatic carbocycles. The van der Waals surface area contributed by atoms with Crippen molar-refractivity contribution in [1.29, 1.82) is 5.41 Å². The van der Waals surface area contributed by atoms with E-state index in [4.69, 9.17) is 16.0 Å². The molecule has 0 unspecified atom stereocenters. The molecule has 1 aliphatic heterocycles. The molecular weight excluding hydrogens is 374 g/mol. The number of piperidine rings is 1. The van der Waals surface area contributed by atoms with E-state index in [1.165, 1.54) is 18.0 Å². The van der Waals surface area contributed by atoms with Gasteiger partial charge in [-0.2, -0.15) is 5.06 Å². The Morgan fingerprint density at radius 1 is 1.13 bits per heavy atom. The van der Waals surface area contributed by atoms with Crippen LogP contribution in [-0.2, 0) is 17.8 Å². The summed E-state index contributed by atoms with van der Waals surface area (Å²) in [5.41, 5.74) is 10.3. The first-order valence-electron chi connectivity index (χ1n) is 10.6. The van der Waals surface area contributed by atoms with Gasteiger partial charge in [-0.05, 0) is 48.9 Å². The van der Waals surface area contributed by atoms with Gasteiger partial charge in [-0.1, -0.05) is 30.3 Å². The number of benzene rings is 1. The van der Waals surface area contributed by atoms with Gasteiger partial charge in [-0.3, -0.25) is 4.84 Å². The zero-order valence-corrected chi connectivity index (χ0v) is 17.2. The predicted octanol–water partition coefficient (Wildman–Crippen LogP) is 3.87. The quantitative estimate of drug-likeness (QED) is 0.560. The molecule has 0 radical (unpaired) electrons. The molecule has 156 valence electrons. The SMILES string of the molecule is N=C/C(=C\N)c1ccc2c(ccn2CC2CCN(OCCc3ccccc3)CC2)n1. The van der Waals surface area contributed by atoms with Crippen LogP contribution in [0.25, 0.3) is 16.6 Å². The minimum atomic E-state index is 0.629. The Morgan fingerprint density at radius 2 is 1.93 bits per heavy atom. The van der Waals surface area contributed by atoms with Gasteiger partial charge in [0.2, 0.25) is 0 Å². The molecule has 0 atom stereocenters. The van der Waals surface area contributed by atoms with E-state index >= 15 is 0 Å². The highest BCUT2D eigenvalue weighted by Gasteiger charge is 2.20. The van der Waals surface area contributed by atoms with Crippen LogP contribution in [0.3, 0.4) is 0 Å². The standard InChI is InChI=1S/C24H29N5O/c25-16-21(17-26)22-6-7-24-23(27-22)10-12-28(24)18-20-8-13-29(14-9-20)30-15-11-19-4-2-1-3-5-19/h1-7,10,12,16-17,20,25H,8-9,11,13-15,18,26H2/b21-17+,25-16?. The van der Waals surface area contributed by atoms with E-state index in [2.05, 4.69) is 51.1 Å². The Labute approximate surface area is 177 Å². The number of nitrogens with zero attached hydrogens (tertiary/aromatic N) is 3. The van der Waals surface area contributed by atoms with Crippen molar-refractivity contribution < 1.29 is 4.84 Å². The molecule has 0 saturated carbocycles. The fraction of sp³-hybridized carbons (Fsp3) is 0.333. The molecule has 6 heteroatoms. The Hall–Kier alpha value is -2.96. The number of aromatic nitrogens is 2. The molecule has 3 heterocycles. The molecule has 0 spiro atoms. The van der Waals surface area contributed by atoms with E-state index in [1.54, 1.807) is 0 Å². The molecule has 30 heavy (non-hydrogen) atoms. The highest BCUT2D eigenvalue weighted by molar-refractivity contribution is 6.07. The van der Waals surface area contributed by atoms with Crippen LogP contribution in [0.4, 0.5) is 0 Å². The van der Waals surface area contributed by atoms with Crippen molar-refractivity contribution >= 4 is 22.8 Å². The van der Waals surface area contributed by atoms with Gasteiger partial charge in [0.1, 0.15) is 0 Å². The fourth-order valence-corrected chi connectivity index (χ4v) is 4.04. The average molecular weight is 404 g/mol. The summed E-state index contributed by atoms with van der Waals surface area (Å²) in [4.78, 5) is 10.6. The van der Waals surface area contributed by atoms with Crippen LogP contribution in [0.2, 0.25) is 0 Å². The van der Waals surface area contributed by atoms with Crippen molar-refractivity contribution in [2.75, 3.05) is 19.7 Å². The fourth-order valence-electron chi connectivity index (χ4n) is 4.04. The molecule has 4 rings (SSSR count). The first-order valence-corrected chi connectivity index (χ1v) is 10.6. The van der Waals surface area contributed by atoms with Gasteiger partial charge in [0.05, 0.1) is 23.3 Å². The lowest BCUT2D eigenvalue weighted by atomic mass is 9.98. The number of allylic oxidation sites excluding steroid dienone is 1. The lowest BCUT2D eigenvalue weighted by Crippen LogP contribution is -2.35. The monoisotopic (exact) mass is 403 g/mol. The van der Waals surface area contributed by atoms with E-state index < -0.39 is 0 Å². The molecule has 0 aliphatic carbocycles. The molecule has 6 nitrogen and oxygen atoms in total. The van der Waals surface area contributed by atoms with Crippen LogP contribution in [0.15, 0.2) is 60.9 Å². The van der Waals surface area contributed by atoms with E-state index in [-0.39, 0.29) is 0 Å². The van der Waals surface area contributed by atoms with Crippen molar-refractivity contribution in [1.82, 2.24) is 14.6 Å². The van der Waals surface area contributed by atoms with Gasteiger partial charge in [-0.25, -0.2) is 4.98 Å². The topological polar surface area (TPSA) is 80.2 Å². The molecule has 1 aliphatic rings. The van der Waals surface area contributed by atoms with Crippen LogP contribution in [-0.4, -0.2) is 40.5 Å². The van der Waals surface area contributed by atoms with Crippen LogP contribution in [0, 0.1) is 11.3 Å². The molecule has 3 N–H and O–H groups in total. The van der Waals surface area contributed by atoms with Crippen molar-refractivity contribution in [3.63, 3.8) is 0 Å². The Morgan fingerprint density at radius 3 is 2.67 bits per heavy atom. The molecule has 1 saturated heterocycles. The maximum Gasteiger partial charge on any atom is 0.0888 e. The predicted molar refractivity (Wildman–Crippen MR) is 121 cm³/mol. The second-order valence-electron chi connectivity index (χ2n) is 7.78. The Balaban J connectivity index is 1.28. The van der Waals surface area contributed by atoms with Crippen molar-refractivity contribution in [3.8, 4) is 0 Å².